The topological polar surface area (TPSA) is 118 Å². The summed E-state index contributed by atoms with van der Waals surface area (Å²) in [5, 5.41) is 24.7. The van der Waals surface area contributed by atoms with Gasteiger partial charge in [0.2, 0.25) is 17.7 Å². The second kappa shape index (κ2) is 9.34. The molecule has 3 aromatic heterocycles. The van der Waals surface area contributed by atoms with E-state index < -0.39 is 0 Å². The van der Waals surface area contributed by atoms with E-state index in [1.165, 1.54) is 4.63 Å². The minimum absolute atomic E-state index is 0.000278. The van der Waals surface area contributed by atoms with Crippen LogP contribution in [0.4, 0.5) is 5.82 Å². The molecule has 4 aromatic rings. The Morgan fingerprint density at radius 3 is 2.62 bits per heavy atom. The highest BCUT2D eigenvalue weighted by Crippen LogP contribution is 2.26. The van der Waals surface area contributed by atoms with Gasteiger partial charge in [-0.25, -0.2) is 0 Å². The summed E-state index contributed by atoms with van der Waals surface area (Å²) < 4.78 is 7.25. The highest BCUT2D eigenvalue weighted by molar-refractivity contribution is 6.30. The Balaban J connectivity index is 1.23. The van der Waals surface area contributed by atoms with Gasteiger partial charge in [0, 0.05) is 35.6 Å². The molecule has 1 aliphatic heterocycles. The van der Waals surface area contributed by atoms with E-state index in [-0.39, 0.29) is 24.4 Å². The number of tetrazole rings is 1. The molecule has 0 saturated carbocycles. The zero-order valence-electron chi connectivity index (χ0n) is 18.9. The van der Waals surface area contributed by atoms with Crippen molar-refractivity contribution in [2.24, 2.45) is 5.92 Å². The van der Waals surface area contributed by atoms with E-state index in [1.807, 2.05) is 43.0 Å². The predicted molar refractivity (Wildman–Crippen MR) is 124 cm³/mol. The molecule has 0 unspecified atom stereocenters. The van der Waals surface area contributed by atoms with Gasteiger partial charge >= 0.3 is 0 Å². The van der Waals surface area contributed by atoms with Crippen LogP contribution in [-0.2, 0) is 11.3 Å². The van der Waals surface area contributed by atoms with Crippen LogP contribution in [0.2, 0.25) is 5.02 Å². The number of fused-ring (bicyclic) bond motifs is 1. The first-order valence-corrected chi connectivity index (χ1v) is 11.5. The molecule has 0 atom stereocenters. The molecule has 1 saturated heterocycles. The largest absolute Gasteiger partial charge is 0.419 e. The van der Waals surface area contributed by atoms with Crippen LogP contribution in [0, 0.1) is 5.92 Å². The van der Waals surface area contributed by atoms with Crippen molar-refractivity contribution >= 4 is 29.0 Å². The molecule has 0 spiro atoms. The maximum Gasteiger partial charge on any atom is 0.247 e. The van der Waals surface area contributed by atoms with Crippen LogP contribution in [0.5, 0.6) is 0 Å². The molecular weight excluding hydrogens is 458 g/mol. The minimum atomic E-state index is -0.0749. The molecule has 176 valence electrons. The van der Waals surface area contributed by atoms with Crippen LogP contribution in [0.1, 0.15) is 32.6 Å². The van der Waals surface area contributed by atoms with E-state index in [2.05, 4.69) is 35.7 Å². The summed E-state index contributed by atoms with van der Waals surface area (Å²) in [4.78, 5) is 17.4. The lowest BCUT2D eigenvalue weighted by Gasteiger charge is -2.35. The predicted octanol–water partition coefficient (Wildman–Crippen LogP) is 2.88. The summed E-state index contributed by atoms with van der Waals surface area (Å²) in [6.07, 6.45) is 1.47. The number of rotatable bonds is 6. The van der Waals surface area contributed by atoms with E-state index in [1.54, 1.807) is 12.1 Å². The number of carbonyl (C=O) groups excluding carboxylic acids is 1. The van der Waals surface area contributed by atoms with Crippen molar-refractivity contribution in [1.29, 1.82) is 0 Å². The highest BCUT2D eigenvalue weighted by atomic mass is 35.5. The fourth-order valence-corrected chi connectivity index (χ4v) is 4.21. The fraction of sp³-hybridized carbons (Fsp3) is 0.409. The van der Waals surface area contributed by atoms with Gasteiger partial charge in [-0.05, 0) is 73.5 Å². The Kier molecular flexibility index (Phi) is 6.10. The number of benzene rings is 1. The fourth-order valence-electron chi connectivity index (χ4n) is 4.09. The van der Waals surface area contributed by atoms with E-state index in [4.69, 9.17) is 16.0 Å². The van der Waals surface area contributed by atoms with Gasteiger partial charge in [0.15, 0.2) is 11.5 Å². The van der Waals surface area contributed by atoms with Crippen molar-refractivity contribution < 1.29 is 9.21 Å². The monoisotopic (exact) mass is 481 g/mol. The lowest BCUT2D eigenvalue weighted by molar-refractivity contribution is -0.139. The van der Waals surface area contributed by atoms with Gasteiger partial charge in [-0.1, -0.05) is 11.6 Å². The average molecular weight is 482 g/mol. The minimum Gasteiger partial charge on any atom is -0.419 e. The summed E-state index contributed by atoms with van der Waals surface area (Å²) in [6.45, 7) is 5.72. The van der Waals surface area contributed by atoms with Gasteiger partial charge in [-0.3, -0.25) is 4.79 Å². The third-order valence-corrected chi connectivity index (χ3v) is 6.25. The molecule has 1 aliphatic rings. The third kappa shape index (κ3) is 4.56. The molecule has 11 nitrogen and oxygen atoms in total. The maximum absolute atomic E-state index is 13.4. The number of carbonyl (C=O) groups is 1. The van der Waals surface area contributed by atoms with Gasteiger partial charge < -0.3 is 14.2 Å². The summed E-state index contributed by atoms with van der Waals surface area (Å²) in [7, 11) is 0. The zero-order valence-corrected chi connectivity index (χ0v) is 19.6. The second-order valence-corrected chi connectivity index (χ2v) is 8.98. The normalized spacial score (nSPS) is 14.8. The van der Waals surface area contributed by atoms with Gasteiger partial charge in [0.1, 0.15) is 0 Å². The van der Waals surface area contributed by atoms with Crippen LogP contribution >= 0.6 is 11.6 Å². The van der Waals surface area contributed by atoms with Crippen molar-refractivity contribution in [2.75, 3.05) is 18.0 Å². The molecule has 0 radical (unpaired) electrons. The molecule has 34 heavy (non-hydrogen) atoms. The first kappa shape index (κ1) is 22.2. The van der Waals surface area contributed by atoms with Gasteiger partial charge in [-0.2, -0.15) is 0 Å². The Morgan fingerprint density at radius 2 is 1.88 bits per heavy atom. The maximum atomic E-state index is 13.4. The first-order valence-electron chi connectivity index (χ1n) is 11.2. The molecule has 4 heterocycles. The van der Waals surface area contributed by atoms with Crippen LogP contribution < -0.4 is 4.90 Å². The zero-order chi connectivity index (χ0) is 23.7. The van der Waals surface area contributed by atoms with Gasteiger partial charge in [0.05, 0.1) is 6.54 Å². The number of aromatic nitrogens is 7. The average Bonchev–Trinajstić information content (AvgIpc) is 3.51. The van der Waals surface area contributed by atoms with Crippen LogP contribution in [-0.4, -0.2) is 65.4 Å². The third-order valence-electron chi connectivity index (χ3n) is 5.99. The number of amides is 1. The Hall–Kier alpha value is -3.60. The Bertz CT molecular complexity index is 1280. The molecule has 0 bridgehead atoms. The molecule has 1 amide bonds. The van der Waals surface area contributed by atoms with E-state index in [0.717, 1.165) is 37.3 Å². The van der Waals surface area contributed by atoms with E-state index in [9.17, 15) is 4.79 Å². The molecular formula is C22H24ClN9O2. The summed E-state index contributed by atoms with van der Waals surface area (Å²) in [5.74, 6) is 1.64. The molecule has 1 fully saturated rings. The van der Waals surface area contributed by atoms with Crippen molar-refractivity contribution in [3.05, 3.63) is 47.3 Å². The molecule has 5 rings (SSSR count). The summed E-state index contributed by atoms with van der Waals surface area (Å²) in [5.41, 5.74) is 1.38. The second-order valence-electron chi connectivity index (χ2n) is 8.55. The smallest absolute Gasteiger partial charge is 0.247 e. The first-order chi connectivity index (χ1) is 16.5. The van der Waals surface area contributed by atoms with Crippen LogP contribution in [0.25, 0.3) is 17.1 Å². The summed E-state index contributed by atoms with van der Waals surface area (Å²) >= 11 is 5.95. The number of halogens is 1. The summed E-state index contributed by atoms with van der Waals surface area (Å²) in [6, 6.07) is 10.9. The number of anilines is 1. The highest BCUT2D eigenvalue weighted by Gasteiger charge is 2.31. The standard InChI is InChI=1S/C22H24ClN9O2/c1-14(2)31(13-20-25-26-21(34-20)15-3-5-17(23)6-4-15)22(33)16-9-11-30(12-10-16)19-8-7-18-24-28-29-32(18)27-19/h3-8,14,16H,9-13H2,1-2H3. The quantitative estimate of drug-likeness (QED) is 0.409. The number of hydrogen-bond donors (Lipinski definition) is 0. The molecule has 12 heteroatoms. The number of hydrogen-bond acceptors (Lipinski definition) is 9. The van der Waals surface area contributed by atoms with Gasteiger partial charge in [-0.15, -0.1) is 25.0 Å². The van der Waals surface area contributed by atoms with E-state index >= 15 is 0 Å². The lowest BCUT2D eigenvalue weighted by atomic mass is 9.94. The van der Waals surface area contributed by atoms with Crippen LogP contribution in [0.3, 0.4) is 0 Å². The van der Waals surface area contributed by atoms with E-state index in [0.29, 0.717) is 22.5 Å². The SMILES string of the molecule is CC(C)N(Cc1nnc(-c2ccc(Cl)cc2)o1)C(=O)C1CCN(c2ccc3nnnn3n2)CC1. The van der Waals surface area contributed by atoms with Crippen molar-refractivity contribution in [2.45, 2.75) is 39.3 Å². The molecule has 1 aromatic carbocycles. The van der Waals surface area contributed by atoms with Crippen molar-refractivity contribution in [3.8, 4) is 11.5 Å². The molecule has 0 N–H and O–H groups in total. The van der Waals surface area contributed by atoms with Crippen molar-refractivity contribution in [3.63, 3.8) is 0 Å². The molecule has 0 aliphatic carbocycles. The lowest BCUT2D eigenvalue weighted by Crippen LogP contribution is -2.45. The Morgan fingerprint density at radius 1 is 1.12 bits per heavy atom. The Labute approximate surface area is 200 Å². The van der Waals surface area contributed by atoms with Crippen LogP contribution in [0.15, 0.2) is 40.8 Å². The number of piperidine rings is 1. The van der Waals surface area contributed by atoms with Gasteiger partial charge in [0.25, 0.3) is 0 Å². The van der Waals surface area contributed by atoms with Crippen molar-refractivity contribution in [1.82, 2.24) is 40.4 Å². The number of nitrogens with zero attached hydrogens (tertiary/aromatic N) is 9.